The fraction of sp³-hybridized carbons (Fsp3) is 0.500. The Labute approximate surface area is 181 Å². The lowest BCUT2D eigenvalue weighted by molar-refractivity contribution is 0.0318. The topological polar surface area (TPSA) is 47.6 Å². The molecule has 1 aliphatic rings. The highest BCUT2D eigenvalue weighted by Crippen LogP contribution is 2.33. The predicted octanol–water partition coefficient (Wildman–Crippen LogP) is 5.63. The van der Waals surface area contributed by atoms with Crippen molar-refractivity contribution in [1.82, 2.24) is 5.32 Å². The van der Waals surface area contributed by atoms with E-state index in [1.54, 1.807) is 6.92 Å². The van der Waals surface area contributed by atoms with E-state index >= 15 is 0 Å². The van der Waals surface area contributed by atoms with Crippen molar-refractivity contribution >= 4 is 6.16 Å². The highest BCUT2D eigenvalue weighted by atomic mass is 16.7. The molecule has 1 N–H and O–H groups in total. The summed E-state index contributed by atoms with van der Waals surface area (Å²) in [4.78, 5) is 11.7. The molecule has 1 unspecified atom stereocenters. The molecule has 1 aliphatic heterocycles. The van der Waals surface area contributed by atoms with Gasteiger partial charge in [0.1, 0.15) is 6.10 Å². The zero-order chi connectivity index (χ0) is 21.3. The minimum Gasteiger partial charge on any atom is -0.435 e. The highest BCUT2D eigenvalue weighted by molar-refractivity contribution is 5.60. The van der Waals surface area contributed by atoms with Gasteiger partial charge < -0.3 is 14.8 Å². The summed E-state index contributed by atoms with van der Waals surface area (Å²) >= 11 is 0. The van der Waals surface area contributed by atoms with E-state index < -0.39 is 6.16 Å². The molecule has 0 spiro atoms. The lowest BCUT2D eigenvalue weighted by Crippen LogP contribution is -2.29. The second-order valence-corrected chi connectivity index (χ2v) is 8.13. The number of carbonyl (C=O) groups excluding carboxylic acids is 1. The van der Waals surface area contributed by atoms with E-state index in [2.05, 4.69) is 67.7 Å². The molecule has 0 aromatic heterocycles. The van der Waals surface area contributed by atoms with E-state index in [0.717, 1.165) is 32.1 Å². The zero-order valence-electron chi connectivity index (χ0n) is 18.5. The molecule has 2 aromatic rings. The lowest BCUT2D eigenvalue weighted by Gasteiger charge is -2.25. The number of nitrogens with one attached hydrogen (secondary N) is 1. The number of carbonyl (C=O) groups is 1. The van der Waals surface area contributed by atoms with E-state index in [0.29, 0.717) is 13.2 Å². The van der Waals surface area contributed by atoms with Crippen molar-refractivity contribution in [2.75, 3.05) is 13.2 Å². The van der Waals surface area contributed by atoms with Crippen LogP contribution in [0.1, 0.15) is 68.2 Å². The van der Waals surface area contributed by atoms with Crippen LogP contribution in [-0.2, 0) is 22.3 Å². The summed E-state index contributed by atoms with van der Waals surface area (Å²) in [5, 5.41) is 3.60. The Morgan fingerprint density at radius 1 is 0.933 bits per heavy atom. The Bertz CT molecular complexity index is 735. The van der Waals surface area contributed by atoms with Crippen molar-refractivity contribution < 1.29 is 14.3 Å². The summed E-state index contributed by atoms with van der Waals surface area (Å²) in [5.41, 5.74) is 5.35. The average molecular weight is 410 g/mol. The van der Waals surface area contributed by atoms with Crippen LogP contribution in [-0.4, -0.2) is 31.5 Å². The van der Waals surface area contributed by atoms with Gasteiger partial charge in [0.25, 0.3) is 0 Å². The summed E-state index contributed by atoms with van der Waals surface area (Å²) in [6, 6.07) is 18.2. The molecule has 2 atom stereocenters. The van der Waals surface area contributed by atoms with Gasteiger partial charge in [0, 0.05) is 24.9 Å². The molecule has 0 amide bonds. The molecule has 1 heterocycles. The summed E-state index contributed by atoms with van der Waals surface area (Å²) in [5.74, 6) is 0.215. The number of benzene rings is 2. The van der Waals surface area contributed by atoms with Crippen LogP contribution >= 0.6 is 0 Å². The van der Waals surface area contributed by atoms with Gasteiger partial charge in [-0.1, -0.05) is 75.2 Å². The monoisotopic (exact) mass is 409 g/mol. The van der Waals surface area contributed by atoms with E-state index in [4.69, 9.17) is 9.47 Å². The van der Waals surface area contributed by atoms with Gasteiger partial charge in [-0.05, 0) is 42.0 Å². The maximum atomic E-state index is 11.7. The van der Waals surface area contributed by atoms with Crippen molar-refractivity contribution in [2.45, 2.75) is 70.9 Å². The van der Waals surface area contributed by atoms with Crippen molar-refractivity contribution in [1.29, 1.82) is 0 Å². The Morgan fingerprint density at radius 2 is 1.47 bits per heavy atom. The predicted molar refractivity (Wildman–Crippen MR) is 121 cm³/mol. The van der Waals surface area contributed by atoms with Gasteiger partial charge in [0.05, 0.1) is 6.61 Å². The Hall–Kier alpha value is -2.33. The molecule has 1 fully saturated rings. The Balaban J connectivity index is 1.81. The second kappa shape index (κ2) is 11.2. The van der Waals surface area contributed by atoms with Crippen LogP contribution < -0.4 is 5.32 Å². The van der Waals surface area contributed by atoms with Gasteiger partial charge in [-0.3, -0.25) is 0 Å². The Kier molecular flexibility index (Phi) is 8.32. The minimum absolute atomic E-state index is 0.157. The van der Waals surface area contributed by atoms with Crippen LogP contribution in [0, 0.1) is 0 Å². The van der Waals surface area contributed by atoms with Gasteiger partial charge in [-0.2, -0.15) is 0 Å². The third kappa shape index (κ3) is 5.85. The standard InChI is InChI=1S/C26H35NO3/c1-4-7-19-9-13-21(14-10-19)25(22-15-11-20(8-5-2)12-16-22)24-17-23(18-27-24)30-26(28)29-6-3/h9-16,23-25,27H,4-8,17-18H2,1-3H3/t23-,24?/m1/s1. The van der Waals surface area contributed by atoms with E-state index in [1.165, 1.54) is 22.3 Å². The molecule has 0 radical (unpaired) electrons. The first-order chi connectivity index (χ1) is 14.6. The summed E-state index contributed by atoms with van der Waals surface area (Å²) in [7, 11) is 0. The number of rotatable bonds is 9. The number of aryl methyl sites for hydroxylation is 2. The van der Waals surface area contributed by atoms with E-state index in [1.807, 2.05) is 0 Å². The first kappa shape index (κ1) is 22.4. The number of hydrogen-bond acceptors (Lipinski definition) is 4. The maximum absolute atomic E-state index is 11.7. The van der Waals surface area contributed by atoms with Crippen LogP contribution in [0.25, 0.3) is 0 Å². The third-order valence-electron chi connectivity index (χ3n) is 5.81. The maximum Gasteiger partial charge on any atom is 0.508 e. The van der Waals surface area contributed by atoms with Crippen LogP contribution in [0.4, 0.5) is 4.79 Å². The smallest absolute Gasteiger partial charge is 0.435 e. The summed E-state index contributed by atoms with van der Waals surface area (Å²) < 4.78 is 10.4. The normalized spacial score (nSPS) is 18.5. The fourth-order valence-corrected chi connectivity index (χ4v) is 4.38. The van der Waals surface area contributed by atoms with Gasteiger partial charge in [-0.15, -0.1) is 0 Å². The minimum atomic E-state index is -0.575. The molecular weight excluding hydrogens is 374 g/mol. The SMILES string of the molecule is CCCc1ccc(C(c2ccc(CCC)cc2)C2C[C@@H](OC(=O)OCC)CN2)cc1. The first-order valence-corrected chi connectivity index (χ1v) is 11.4. The average Bonchev–Trinajstić information content (AvgIpc) is 3.19. The zero-order valence-corrected chi connectivity index (χ0v) is 18.5. The van der Waals surface area contributed by atoms with Gasteiger partial charge in [0.2, 0.25) is 0 Å². The van der Waals surface area contributed by atoms with E-state index in [-0.39, 0.29) is 18.1 Å². The molecular formula is C26H35NO3. The van der Waals surface area contributed by atoms with Gasteiger partial charge >= 0.3 is 6.16 Å². The molecule has 162 valence electrons. The first-order valence-electron chi connectivity index (χ1n) is 11.4. The molecule has 4 nitrogen and oxygen atoms in total. The molecule has 2 aromatic carbocycles. The second-order valence-electron chi connectivity index (χ2n) is 8.13. The molecule has 0 bridgehead atoms. The third-order valence-corrected chi connectivity index (χ3v) is 5.81. The molecule has 1 saturated heterocycles. The number of ether oxygens (including phenoxy) is 2. The van der Waals surface area contributed by atoms with Crippen LogP contribution in [0.3, 0.4) is 0 Å². The quantitative estimate of drug-likeness (QED) is 0.546. The largest absolute Gasteiger partial charge is 0.508 e. The van der Waals surface area contributed by atoms with Crippen LogP contribution in [0.5, 0.6) is 0 Å². The van der Waals surface area contributed by atoms with Crippen molar-refractivity contribution in [3.63, 3.8) is 0 Å². The van der Waals surface area contributed by atoms with Crippen LogP contribution in [0.15, 0.2) is 48.5 Å². The Morgan fingerprint density at radius 3 is 1.93 bits per heavy atom. The molecule has 30 heavy (non-hydrogen) atoms. The van der Waals surface area contributed by atoms with E-state index in [9.17, 15) is 4.79 Å². The van der Waals surface area contributed by atoms with Crippen molar-refractivity contribution in [3.8, 4) is 0 Å². The summed E-state index contributed by atoms with van der Waals surface area (Å²) in [6.07, 6.45) is 4.56. The molecule has 3 rings (SSSR count). The highest BCUT2D eigenvalue weighted by Gasteiger charge is 2.34. The van der Waals surface area contributed by atoms with Gasteiger partial charge in [0.15, 0.2) is 0 Å². The lowest BCUT2D eigenvalue weighted by atomic mass is 9.83. The fourth-order valence-electron chi connectivity index (χ4n) is 4.38. The van der Waals surface area contributed by atoms with Crippen LogP contribution in [0.2, 0.25) is 0 Å². The molecule has 4 heteroatoms. The van der Waals surface area contributed by atoms with Crippen molar-refractivity contribution in [3.05, 3.63) is 70.8 Å². The van der Waals surface area contributed by atoms with Crippen molar-refractivity contribution in [2.24, 2.45) is 0 Å². The van der Waals surface area contributed by atoms with Gasteiger partial charge in [-0.25, -0.2) is 4.79 Å². The molecule has 0 aliphatic carbocycles. The molecule has 0 saturated carbocycles. The summed E-state index contributed by atoms with van der Waals surface area (Å²) in [6.45, 7) is 7.19. The number of hydrogen-bond donors (Lipinski definition) is 1.